The number of aromatic nitrogens is 4. The van der Waals surface area contributed by atoms with E-state index in [1.807, 2.05) is 19.1 Å². The van der Waals surface area contributed by atoms with Gasteiger partial charge in [0, 0.05) is 0 Å². The Morgan fingerprint density at radius 1 is 1.35 bits per heavy atom. The highest BCUT2D eigenvalue weighted by atomic mass is 32.1. The highest BCUT2D eigenvalue weighted by Gasteiger charge is 2.14. The van der Waals surface area contributed by atoms with Gasteiger partial charge in [-0.25, -0.2) is 4.98 Å². The van der Waals surface area contributed by atoms with Crippen molar-refractivity contribution in [1.82, 2.24) is 20.2 Å². The summed E-state index contributed by atoms with van der Waals surface area (Å²) in [6.07, 6.45) is 1.63. The molecular weight excluding hydrogens is 256 g/mol. The molecule has 0 unspecified atom stereocenters. The van der Waals surface area contributed by atoms with E-state index in [1.165, 1.54) is 11.3 Å². The molecule has 0 saturated heterocycles. The first-order chi connectivity index (χ1) is 8.24. The fourth-order valence-corrected chi connectivity index (χ4v) is 2.62. The minimum atomic E-state index is 0.437. The molecule has 0 amide bonds. The standard InChI is InChI=1S/C10H8N4OS2/c1-5-7(8-12-10(16)14-13-8)17-9(11-5)6-3-2-4-15-6/h2-4H,1H3,(H2,12,13,14,16). The summed E-state index contributed by atoms with van der Waals surface area (Å²) in [4.78, 5) is 9.60. The van der Waals surface area contributed by atoms with Crippen LogP contribution < -0.4 is 0 Å². The number of aryl methyl sites for hydroxylation is 1. The van der Waals surface area contributed by atoms with E-state index in [2.05, 4.69) is 20.2 Å². The van der Waals surface area contributed by atoms with Gasteiger partial charge in [0.15, 0.2) is 16.6 Å². The second-order valence-corrected chi connectivity index (χ2v) is 4.81. The van der Waals surface area contributed by atoms with Crippen LogP contribution in [0.15, 0.2) is 22.8 Å². The van der Waals surface area contributed by atoms with Crippen molar-refractivity contribution in [3.8, 4) is 21.5 Å². The van der Waals surface area contributed by atoms with E-state index >= 15 is 0 Å². The molecule has 0 spiro atoms. The van der Waals surface area contributed by atoms with Crippen molar-refractivity contribution in [3.63, 3.8) is 0 Å². The molecule has 2 N–H and O–H groups in total. The topological polar surface area (TPSA) is 70.5 Å². The molecule has 0 aromatic carbocycles. The lowest BCUT2D eigenvalue weighted by molar-refractivity contribution is 0.581. The Hall–Kier alpha value is -1.73. The molecule has 0 fully saturated rings. The monoisotopic (exact) mass is 264 g/mol. The Morgan fingerprint density at radius 2 is 2.24 bits per heavy atom. The van der Waals surface area contributed by atoms with Crippen molar-refractivity contribution in [1.29, 1.82) is 0 Å². The van der Waals surface area contributed by atoms with Crippen LogP contribution in [0.4, 0.5) is 0 Å². The van der Waals surface area contributed by atoms with Gasteiger partial charge >= 0.3 is 0 Å². The summed E-state index contributed by atoms with van der Waals surface area (Å²) in [5.41, 5.74) is 0.902. The van der Waals surface area contributed by atoms with Gasteiger partial charge < -0.3 is 4.42 Å². The van der Waals surface area contributed by atoms with E-state index in [4.69, 9.17) is 16.6 Å². The zero-order chi connectivity index (χ0) is 11.8. The summed E-state index contributed by atoms with van der Waals surface area (Å²) in [6, 6.07) is 3.72. The molecule has 17 heavy (non-hydrogen) atoms. The van der Waals surface area contributed by atoms with Crippen LogP contribution in [-0.2, 0) is 0 Å². The van der Waals surface area contributed by atoms with Crippen molar-refractivity contribution in [2.75, 3.05) is 0 Å². The Bertz CT molecular complexity index is 692. The lowest BCUT2D eigenvalue weighted by Crippen LogP contribution is -1.80. The predicted molar refractivity (Wildman–Crippen MR) is 67.3 cm³/mol. The molecule has 5 nitrogen and oxygen atoms in total. The van der Waals surface area contributed by atoms with Gasteiger partial charge in [0.1, 0.15) is 0 Å². The van der Waals surface area contributed by atoms with Crippen molar-refractivity contribution in [2.45, 2.75) is 6.92 Å². The van der Waals surface area contributed by atoms with Gasteiger partial charge in [0.05, 0.1) is 16.8 Å². The van der Waals surface area contributed by atoms with Crippen molar-refractivity contribution in [2.24, 2.45) is 0 Å². The third kappa shape index (κ3) is 1.83. The zero-order valence-electron chi connectivity index (χ0n) is 8.85. The number of H-pyrrole nitrogens is 2. The van der Waals surface area contributed by atoms with Crippen molar-refractivity contribution >= 4 is 23.6 Å². The third-order valence-corrected chi connectivity index (χ3v) is 3.62. The maximum absolute atomic E-state index is 5.32. The second-order valence-electron chi connectivity index (χ2n) is 3.43. The molecule has 0 aliphatic heterocycles. The summed E-state index contributed by atoms with van der Waals surface area (Å²) in [6.45, 7) is 1.93. The number of nitrogens with zero attached hydrogens (tertiary/aromatic N) is 2. The van der Waals surface area contributed by atoms with Crippen LogP contribution in [0, 0.1) is 11.7 Å². The Kier molecular flexibility index (Phi) is 2.41. The van der Waals surface area contributed by atoms with Crippen molar-refractivity contribution in [3.05, 3.63) is 28.9 Å². The summed E-state index contributed by atoms with van der Waals surface area (Å²) in [7, 11) is 0. The average Bonchev–Trinajstić information content (AvgIpc) is 2.97. The summed E-state index contributed by atoms with van der Waals surface area (Å²) in [5, 5.41) is 6.53. The Balaban J connectivity index is 2.10. The molecule has 3 heterocycles. The van der Waals surface area contributed by atoms with E-state index in [-0.39, 0.29) is 0 Å². The number of rotatable bonds is 2. The van der Waals surface area contributed by atoms with Gasteiger partial charge in [0.2, 0.25) is 4.77 Å². The first-order valence-corrected chi connectivity index (χ1v) is 6.13. The Labute approximate surface area is 106 Å². The van der Waals surface area contributed by atoms with Gasteiger partial charge in [-0.3, -0.25) is 10.2 Å². The van der Waals surface area contributed by atoms with Gasteiger partial charge in [-0.1, -0.05) is 0 Å². The fourth-order valence-electron chi connectivity index (χ4n) is 1.50. The number of thiazole rings is 1. The smallest absolute Gasteiger partial charge is 0.213 e. The first-order valence-electron chi connectivity index (χ1n) is 4.90. The van der Waals surface area contributed by atoms with Crippen LogP contribution in [0.5, 0.6) is 0 Å². The van der Waals surface area contributed by atoms with Crippen molar-refractivity contribution < 1.29 is 4.42 Å². The number of hydrogen-bond donors (Lipinski definition) is 2. The largest absolute Gasteiger partial charge is 0.462 e. The summed E-state index contributed by atoms with van der Waals surface area (Å²) >= 11 is 6.45. The number of aromatic amines is 2. The maximum Gasteiger partial charge on any atom is 0.213 e. The summed E-state index contributed by atoms with van der Waals surface area (Å²) < 4.78 is 5.76. The van der Waals surface area contributed by atoms with Gasteiger partial charge in [0.25, 0.3) is 0 Å². The van der Waals surface area contributed by atoms with E-state index in [1.54, 1.807) is 6.26 Å². The minimum absolute atomic E-state index is 0.437. The minimum Gasteiger partial charge on any atom is -0.462 e. The predicted octanol–water partition coefficient (Wildman–Crippen LogP) is 3.16. The molecule has 3 rings (SSSR count). The van der Waals surface area contributed by atoms with E-state index in [0.717, 1.165) is 21.3 Å². The van der Waals surface area contributed by atoms with E-state index < -0.39 is 0 Å². The van der Waals surface area contributed by atoms with Crippen LogP contribution in [0.1, 0.15) is 5.69 Å². The highest BCUT2D eigenvalue weighted by Crippen LogP contribution is 2.33. The summed E-state index contributed by atoms with van der Waals surface area (Å²) in [5.74, 6) is 1.47. The first kappa shape index (κ1) is 10.4. The molecule has 0 saturated carbocycles. The van der Waals surface area contributed by atoms with Gasteiger partial charge in [-0.15, -0.1) is 11.3 Å². The molecule has 0 radical (unpaired) electrons. The SMILES string of the molecule is Cc1nc(-c2ccco2)sc1-c1nc(=S)[nH][nH]1. The second kappa shape index (κ2) is 3.94. The lowest BCUT2D eigenvalue weighted by Gasteiger charge is -1.88. The number of hydrogen-bond acceptors (Lipinski definition) is 5. The molecular formula is C10H8N4OS2. The fraction of sp³-hybridized carbons (Fsp3) is 0.100. The van der Waals surface area contributed by atoms with Crippen LogP contribution in [-0.4, -0.2) is 20.2 Å². The number of furan rings is 1. The van der Waals surface area contributed by atoms with Gasteiger partial charge in [-0.2, -0.15) is 4.98 Å². The normalized spacial score (nSPS) is 10.9. The average molecular weight is 264 g/mol. The van der Waals surface area contributed by atoms with Crippen LogP contribution in [0.25, 0.3) is 21.5 Å². The molecule has 0 aliphatic carbocycles. The third-order valence-electron chi connectivity index (χ3n) is 2.24. The quantitative estimate of drug-likeness (QED) is 0.697. The molecule has 3 aromatic rings. The lowest BCUT2D eigenvalue weighted by atomic mass is 10.4. The van der Waals surface area contributed by atoms with Crippen LogP contribution >= 0.6 is 23.6 Å². The highest BCUT2D eigenvalue weighted by molar-refractivity contribution is 7.71. The molecule has 0 aliphatic rings. The molecule has 3 aromatic heterocycles. The molecule has 86 valence electrons. The van der Waals surface area contributed by atoms with E-state index in [0.29, 0.717) is 10.6 Å². The molecule has 7 heteroatoms. The van der Waals surface area contributed by atoms with Crippen LogP contribution in [0.2, 0.25) is 0 Å². The molecule has 0 bridgehead atoms. The van der Waals surface area contributed by atoms with Gasteiger partial charge in [-0.05, 0) is 31.3 Å². The van der Waals surface area contributed by atoms with Crippen LogP contribution in [0.3, 0.4) is 0 Å². The number of nitrogens with one attached hydrogen (secondary N) is 2. The molecule has 0 atom stereocenters. The Morgan fingerprint density at radius 3 is 2.88 bits per heavy atom. The zero-order valence-corrected chi connectivity index (χ0v) is 10.5. The van der Waals surface area contributed by atoms with E-state index in [9.17, 15) is 0 Å². The maximum atomic E-state index is 5.32.